The Morgan fingerprint density at radius 2 is 1.83 bits per heavy atom. The fraction of sp³-hybridized carbons (Fsp3) is 0.692. The van der Waals surface area contributed by atoms with Crippen molar-refractivity contribution in [1.82, 2.24) is 10.2 Å². The Kier molecular flexibility index (Phi) is 5.68. The van der Waals surface area contributed by atoms with E-state index in [1.54, 1.807) is 6.92 Å². The molecular formula is C13H23N3O2. The van der Waals surface area contributed by atoms with Crippen LogP contribution < -0.4 is 4.90 Å². The third-order valence-electron chi connectivity index (χ3n) is 3.00. The van der Waals surface area contributed by atoms with Gasteiger partial charge < -0.3 is 10.0 Å². The van der Waals surface area contributed by atoms with Crippen LogP contribution >= 0.6 is 0 Å². The molecule has 1 aromatic rings. The lowest BCUT2D eigenvalue weighted by molar-refractivity contribution is 0.0697. The number of rotatable bonds is 8. The van der Waals surface area contributed by atoms with Gasteiger partial charge in [-0.1, -0.05) is 26.7 Å². The predicted molar refractivity (Wildman–Crippen MR) is 72.3 cm³/mol. The molecule has 5 nitrogen and oxygen atoms in total. The molecule has 0 amide bonds. The molecule has 1 rings (SSSR count). The van der Waals surface area contributed by atoms with Crippen LogP contribution in [-0.2, 0) is 0 Å². The summed E-state index contributed by atoms with van der Waals surface area (Å²) in [6, 6.07) is 0. The third-order valence-corrected chi connectivity index (χ3v) is 3.00. The molecule has 0 saturated carbocycles. The summed E-state index contributed by atoms with van der Waals surface area (Å²) in [5.41, 5.74) is 0.928. The van der Waals surface area contributed by atoms with E-state index in [2.05, 4.69) is 28.9 Å². The summed E-state index contributed by atoms with van der Waals surface area (Å²) >= 11 is 0. The number of hydrogen-bond acceptors (Lipinski definition) is 3. The minimum atomic E-state index is -0.908. The molecule has 0 aliphatic heterocycles. The van der Waals surface area contributed by atoms with E-state index in [1.165, 1.54) is 0 Å². The molecule has 18 heavy (non-hydrogen) atoms. The Labute approximate surface area is 108 Å². The number of unbranched alkanes of at least 4 members (excludes halogenated alkanes) is 2. The normalized spacial score (nSPS) is 10.6. The van der Waals surface area contributed by atoms with Gasteiger partial charge >= 0.3 is 5.97 Å². The molecule has 102 valence electrons. The van der Waals surface area contributed by atoms with Gasteiger partial charge in [0, 0.05) is 18.8 Å². The first-order chi connectivity index (χ1) is 8.61. The highest BCUT2D eigenvalue weighted by atomic mass is 16.4. The summed E-state index contributed by atoms with van der Waals surface area (Å²) in [4.78, 5) is 13.4. The number of hydrogen-bond donors (Lipinski definition) is 2. The molecule has 0 spiro atoms. The smallest absolute Gasteiger partial charge is 0.341 e. The summed E-state index contributed by atoms with van der Waals surface area (Å²) in [6.07, 6.45) is 4.28. The van der Waals surface area contributed by atoms with Gasteiger partial charge in [0.1, 0.15) is 5.56 Å². The fourth-order valence-corrected chi connectivity index (χ4v) is 1.92. The molecule has 0 fully saturated rings. The van der Waals surface area contributed by atoms with Crippen molar-refractivity contribution < 1.29 is 9.90 Å². The van der Waals surface area contributed by atoms with Gasteiger partial charge in [-0.25, -0.2) is 4.79 Å². The van der Waals surface area contributed by atoms with Crippen LogP contribution in [0.5, 0.6) is 0 Å². The summed E-state index contributed by atoms with van der Waals surface area (Å²) in [6.45, 7) is 7.73. The monoisotopic (exact) mass is 253 g/mol. The highest BCUT2D eigenvalue weighted by Gasteiger charge is 2.21. The summed E-state index contributed by atoms with van der Waals surface area (Å²) in [5, 5.41) is 16.2. The average Bonchev–Trinajstić information content (AvgIpc) is 2.71. The molecule has 2 N–H and O–H groups in total. The summed E-state index contributed by atoms with van der Waals surface area (Å²) in [7, 11) is 0. The molecular weight excluding hydrogens is 230 g/mol. The maximum absolute atomic E-state index is 11.3. The minimum Gasteiger partial charge on any atom is -0.477 e. The molecule has 0 bridgehead atoms. The van der Waals surface area contributed by atoms with E-state index >= 15 is 0 Å². The number of aromatic carboxylic acids is 1. The first-order valence-corrected chi connectivity index (χ1v) is 6.65. The lowest BCUT2D eigenvalue weighted by atomic mass is 10.2. The third kappa shape index (κ3) is 3.48. The summed E-state index contributed by atoms with van der Waals surface area (Å²) < 4.78 is 0. The molecule has 0 atom stereocenters. The largest absolute Gasteiger partial charge is 0.477 e. The van der Waals surface area contributed by atoms with Gasteiger partial charge in [-0.3, -0.25) is 5.10 Å². The van der Waals surface area contributed by atoms with Crippen LogP contribution in [0, 0.1) is 6.92 Å². The predicted octanol–water partition coefficient (Wildman–Crippen LogP) is 2.82. The van der Waals surface area contributed by atoms with E-state index in [4.69, 9.17) is 0 Å². The van der Waals surface area contributed by atoms with Crippen LogP contribution in [0.25, 0.3) is 0 Å². The second kappa shape index (κ2) is 7.03. The van der Waals surface area contributed by atoms with Crippen LogP contribution in [0.3, 0.4) is 0 Å². The maximum atomic E-state index is 11.3. The molecule has 0 aromatic carbocycles. The Bertz CT molecular complexity index is 380. The standard InChI is InChI=1S/C13H23N3O2/c1-4-6-8-16(9-7-5-2)12-11(13(17)18)10(3)14-15-12/h4-9H2,1-3H3,(H,14,15)(H,17,18). The topological polar surface area (TPSA) is 69.2 Å². The van der Waals surface area contributed by atoms with Crippen molar-refractivity contribution in [3.63, 3.8) is 0 Å². The van der Waals surface area contributed by atoms with Gasteiger partial charge in [0.2, 0.25) is 0 Å². The molecule has 0 unspecified atom stereocenters. The molecule has 0 aliphatic rings. The van der Waals surface area contributed by atoms with Crippen molar-refractivity contribution in [2.24, 2.45) is 0 Å². The zero-order valence-corrected chi connectivity index (χ0v) is 11.5. The molecule has 0 saturated heterocycles. The molecule has 0 aliphatic carbocycles. The van der Waals surface area contributed by atoms with Crippen LogP contribution in [0.4, 0.5) is 5.82 Å². The molecule has 1 aromatic heterocycles. The molecule has 5 heteroatoms. The highest BCUT2D eigenvalue weighted by Crippen LogP contribution is 2.21. The van der Waals surface area contributed by atoms with Gasteiger partial charge in [-0.2, -0.15) is 5.10 Å². The van der Waals surface area contributed by atoms with E-state index in [9.17, 15) is 9.90 Å². The molecule has 0 radical (unpaired) electrons. The first kappa shape index (κ1) is 14.5. The Balaban J connectivity index is 2.92. The lowest BCUT2D eigenvalue weighted by Gasteiger charge is -2.22. The van der Waals surface area contributed by atoms with Crippen LogP contribution in [-0.4, -0.2) is 34.4 Å². The zero-order chi connectivity index (χ0) is 13.5. The Hall–Kier alpha value is -1.52. The van der Waals surface area contributed by atoms with Gasteiger partial charge in [-0.15, -0.1) is 0 Å². The number of carboxylic acid groups (broad SMARTS) is 1. The Morgan fingerprint density at radius 1 is 1.28 bits per heavy atom. The van der Waals surface area contributed by atoms with Crippen molar-refractivity contribution in [2.75, 3.05) is 18.0 Å². The number of carbonyl (C=O) groups is 1. The zero-order valence-electron chi connectivity index (χ0n) is 11.5. The van der Waals surface area contributed by atoms with E-state index in [0.29, 0.717) is 17.1 Å². The van der Waals surface area contributed by atoms with Crippen molar-refractivity contribution in [1.29, 1.82) is 0 Å². The number of nitrogens with one attached hydrogen (secondary N) is 1. The highest BCUT2D eigenvalue weighted by molar-refractivity contribution is 5.94. The van der Waals surface area contributed by atoms with Gasteiger partial charge in [0.25, 0.3) is 0 Å². The number of nitrogens with zero attached hydrogens (tertiary/aromatic N) is 2. The van der Waals surface area contributed by atoms with Crippen LogP contribution in [0.15, 0.2) is 0 Å². The van der Waals surface area contributed by atoms with Gasteiger partial charge in [0.05, 0.1) is 0 Å². The quantitative estimate of drug-likeness (QED) is 0.747. The lowest BCUT2D eigenvalue weighted by Crippen LogP contribution is -2.27. The van der Waals surface area contributed by atoms with Crippen LogP contribution in [0.2, 0.25) is 0 Å². The van der Waals surface area contributed by atoms with Crippen molar-refractivity contribution in [3.05, 3.63) is 11.3 Å². The number of aromatic amines is 1. The van der Waals surface area contributed by atoms with Crippen LogP contribution in [0.1, 0.15) is 55.6 Å². The number of aryl methyl sites for hydroxylation is 1. The minimum absolute atomic E-state index is 0.308. The van der Waals surface area contributed by atoms with E-state index in [1.807, 2.05) is 0 Å². The second-order valence-electron chi connectivity index (χ2n) is 4.55. The number of aromatic nitrogens is 2. The average molecular weight is 253 g/mol. The fourth-order valence-electron chi connectivity index (χ4n) is 1.92. The first-order valence-electron chi connectivity index (χ1n) is 6.65. The number of anilines is 1. The molecule has 1 heterocycles. The van der Waals surface area contributed by atoms with Crippen molar-refractivity contribution >= 4 is 11.8 Å². The second-order valence-corrected chi connectivity index (χ2v) is 4.55. The SMILES string of the molecule is CCCCN(CCCC)c1n[nH]c(C)c1C(=O)O. The van der Waals surface area contributed by atoms with Gasteiger partial charge in [0.15, 0.2) is 5.82 Å². The van der Waals surface area contributed by atoms with Crippen molar-refractivity contribution in [3.8, 4) is 0 Å². The van der Waals surface area contributed by atoms with Gasteiger partial charge in [-0.05, 0) is 19.8 Å². The van der Waals surface area contributed by atoms with Crippen molar-refractivity contribution in [2.45, 2.75) is 46.5 Å². The van der Waals surface area contributed by atoms with E-state index in [0.717, 1.165) is 38.8 Å². The maximum Gasteiger partial charge on any atom is 0.341 e. The van der Waals surface area contributed by atoms with E-state index < -0.39 is 5.97 Å². The van der Waals surface area contributed by atoms with E-state index in [-0.39, 0.29) is 0 Å². The summed E-state index contributed by atoms with van der Waals surface area (Å²) in [5.74, 6) is -0.323. The number of H-pyrrole nitrogens is 1. The number of carboxylic acids is 1. The Morgan fingerprint density at radius 3 is 2.28 bits per heavy atom.